The normalized spacial score (nSPS) is 13.2. The van der Waals surface area contributed by atoms with E-state index in [1.165, 1.54) is 5.56 Å². The lowest BCUT2D eigenvalue weighted by Crippen LogP contribution is -2.27. The molecule has 0 saturated carbocycles. The van der Waals surface area contributed by atoms with Gasteiger partial charge in [0.1, 0.15) is 5.82 Å². The number of fused-ring (bicyclic) bond motifs is 2. The minimum absolute atomic E-state index is 0.431. The Hall–Kier alpha value is -3.78. The summed E-state index contributed by atoms with van der Waals surface area (Å²) in [6.45, 7) is 2.24. The fourth-order valence-corrected chi connectivity index (χ4v) is 3.79. The SMILES string of the molecule is NC(=O)c1cccc2c1cnn2-c1nc2c(c(NCc3ccccc3)n1)CCNC2. The van der Waals surface area contributed by atoms with Crippen LogP contribution >= 0.6 is 0 Å². The van der Waals surface area contributed by atoms with E-state index in [9.17, 15) is 4.79 Å². The van der Waals surface area contributed by atoms with Gasteiger partial charge >= 0.3 is 0 Å². The van der Waals surface area contributed by atoms with Gasteiger partial charge in [-0.05, 0) is 30.7 Å². The fraction of sp³-hybridized carbons (Fsp3) is 0.182. The van der Waals surface area contributed by atoms with Gasteiger partial charge in [-0.3, -0.25) is 4.79 Å². The van der Waals surface area contributed by atoms with Crippen molar-refractivity contribution >= 4 is 22.6 Å². The van der Waals surface area contributed by atoms with Crippen LogP contribution in [0.2, 0.25) is 0 Å². The number of primary amides is 1. The van der Waals surface area contributed by atoms with Gasteiger partial charge in [-0.15, -0.1) is 0 Å². The first-order valence-electron chi connectivity index (χ1n) is 9.86. The molecular formula is C22H21N7O. The second kappa shape index (κ2) is 7.57. The van der Waals surface area contributed by atoms with Crippen molar-refractivity contribution < 1.29 is 4.79 Å². The number of nitrogens with one attached hydrogen (secondary N) is 2. The summed E-state index contributed by atoms with van der Waals surface area (Å²) in [7, 11) is 0. The molecule has 4 N–H and O–H groups in total. The maximum absolute atomic E-state index is 11.8. The minimum Gasteiger partial charge on any atom is -0.366 e. The van der Waals surface area contributed by atoms with Crippen LogP contribution in [0, 0.1) is 0 Å². The molecule has 5 rings (SSSR count). The zero-order chi connectivity index (χ0) is 20.5. The van der Waals surface area contributed by atoms with Crippen molar-refractivity contribution in [2.75, 3.05) is 11.9 Å². The highest BCUT2D eigenvalue weighted by molar-refractivity contribution is 6.05. The number of hydrogen-bond donors (Lipinski definition) is 3. The Morgan fingerprint density at radius 1 is 1.13 bits per heavy atom. The van der Waals surface area contributed by atoms with Gasteiger partial charge in [0.15, 0.2) is 0 Å². The van der Waals surface area contributed by atoms with Crippen LogP contribution in [0.15, 0.2) is 54.7 Å². The highest BCUT2D eigenvalue weighted by Gasteiger charge is 2.20. The van der Waals surface area contributed by atoms with E-state index in [-0.39, 0.29) is 0 Å². The zero-order valence-corrected chi connectivity index (χ0v) is 16.3. The minimum atomic E-state index is -0.485. The van der Waals surface area contributed by atoms with Crippen molar-refractivity contribution in [2.45, 2.75) is 19.5 Å². The Kier molecular flexibility index (Phi) is 4.61. The molecule has 1 aliphatic rings. The van der Waals surface area contributed by atoms with Gasteiger partial charge < -0.3 is 16.4 Å². The third-order valence-corrected chi connectivity index (χ3v) is 5.30. The lowest BCUT2D eigenvalue weighted by atomic mass is 10.1. The average Bonchev–Trinajstić information content (AvgIpc) is 3.22. The molecule has 0 atom stereocenters. The van der Waals surface area contributed by atoms with Crippen LogP contribution in [-0.2, 0) is 19.5 Å². The number of aromatic nitrogens is 4. The largest absolute Gasteiger partial charge is 0.366 e. The smallest absolute Gasteiger partial charge is 0.253 e. The van der Waals surface area contributed by atoms with Gasteiger partial charge in [0.25, 0.3) is 5.95 Å². The van der Waals surface area contributed by atoms with Crippen molar-refractivity contribution in [3.63, 3.8) is 0 Å². The lowest BCUT2D eigenvalue weighted by molar-refractivity contribution is 0.100. The molecule has 2 aromatic carbocycles. The first-order chi connectivity index (χ1) is 14.7. The van der Waals surface area contributed by atoms with Crippen molar-refractivity contribution in [1.29, 1.82) is 0 Å². The molecule has 1 aliphatic heterocycles. The number of hydrogen-bond acceptors (Lipinski definition) is 6. The van der Waals surface area contributed by atoms with Crippen molar-refractivity contribution in [3.05, 3.63) is 77.1 Å². The number of anilines is 1. The first-order valence-corrected chi connectivity index (χ1v) is 9.86. The predicted molar refractivity (Wildman–Crippen MR) is 114 cm³/mol. The van der Waals surface area contributed by atoms with Crippen LogP contribution in [0.4, 0.5) is 5.82 Å². The summed E-state index contributed by atoms with van der Waals surface area (Å²) in [6, 6.07) is 15.6. The summed E-state index contributed by atoms with van der Waals surface area (Å²) in [4.78, 5) is 21.3. The van der Waals surface area contributed by atoms with Gasteiger partial charge in [-0.2, -0.15) is 14.8 Å². The van der Waals surface area contributed by atoms with E-state index in [1.807, 2.05) is 24.3 Å². The van der Waals surface area contributed by atoms with Gasteiger partial charge in [0, 0.05) is 24.0 Å². The van der Waals surface area contributed by atoms with Crippen LogP contribution in [-0.4, -0.2) is 32.2 Å². The third kappa shape index (κ3) is 3.27. The summed E-state index contributed by atoms with van der Waals surface area (Å²) >= 11 is 0. The molecule has 8 heteroatoms. The van der Waals surface area contributed by atoms with E-state index in [1.54, 1.807) is 23.0 Å². The Balaban J connectivity index is 1.58. The molecule has 8 nitrogen and oxygen atoms in total. The second-order valence-electron chi connectivity index (χ2n) is 7.22. The molecule has 0 aliphatic carbocycles. The third-order valence-electron chi connectivity index (χ3n) is 5.30. The van der Waals surface area contributed by atoms with E-state index in [0.717, 1.165) is 35.6 Å². The Morgan fingerprint density at radius 3 is 2.83 bits per heavy atom. The molecule has 2 aromatic heterocycles. The number of rotatable bonds is 5. The molecule has 0 spiro atoms. The number of carbonyl (C=O) groups is 1. The van der Waals surface area contributed by atoms with E-state index in [4.69, 9.17) is 15.7 Å². The molecule has 150 valence electrons. The van der Waals surface area contributed by atoms with Crippen LogP contribution in [0.5, 0.6) is 0 Å². The zero-order valence-electron chi connectivity index (χ0n) is 16.3. The standard InChI is InChI=1S/C22H21N7O/c23-20(30)15-7-4-8-19-17(15)12-26-29(19)22-27-18-13-24-10-9-16(18)21(28-22)25-11-14-5-2-1-3-6-14/h1-8,12,24H,9-11,13H2,(H2,23,30)(H,25,27,28). The molecule has 1 amide bonds. The van der Waals surface area contributed by atoms with Crippen LogP contribution in [0.1, 0.15) is 27.2 Å². The number of benzene rings is 2. The highest BCUT2D eigenvalue weighted by atomic mass is 16.1. The maximum atomic E-state index is 11.8. The van der Waals surface area contributed by atoms with E-state index in [0.29, 0.717) is 30.0 Å². The van der Waals surface area contributed by atoms with Crippen LogP contribution < -0.4 is 16.4 Å². The Morgan fingerprint density at radius 2 is 2.00 bits per heavy atom. The summed E-state index contributed by atoms with van der Waals surface area (Å²) in [6.07, 6.45) is 2.49. The fourth-order valence-electron chi connectivity index (χ4n) is 3.79. The monoisotopic (exact) mass is 399 g/mol. The summed E-state index contributed by atoms with van der Waals surface area (Å²) in [5, 5.41) is 12.0. The molecule has 3 heterocycles. The summed E-state index contributed by atoms with van der Waals surface area (Å²) in [5.74, 6) is 0.792. The van der Waals surface area contributed by atoms with Gasteiger partial charge in [0.2, 0.25) is 5.91 Å². The average molecular weight is 399 g/mol. The molecule has 0 saturated heterocycles. The topological polar surface area (TPSA) is 111 Å². The quantitative estimate of drug-likeness (QED) is 0.474. The summed E-state index contributed by atoms with van der Waals surface area (Å²) < 4.78 is 1.66. The van der Waals surface area contributed by atoms with E-state index < -0.39 is 5.91 Å². The molecule has 4 aromatic rings. The lowest BCUT2D eigenvalue weighted by Gasteiger charge is -2.20. The maximum Gasteiger partial charge on any atom is 0.253 e. The molecular weight excluding hydrogens is 378 g/mol. The Bertz CT molecular complexity index is 1230. The molecule has 0 radical (unpaired) electrons. The predicted octanol–water partition coefficient (Wildman–Crippen LogP) is 2.17. The molecule has 0 fully saturated rings. The van der Waals surface area contributed by atoms with Gasteiger partial charge in [-0.1, -0.05) is 36.4 Å². The van der Waals surface area contributed by atoms with Crippen molar-refractivity contribution in [1.82, 2.24) is 25.1 Å². The molecule has 30 heavy (non-hydrogen) atoms. The highest BCUT2D eigenvalue weighted by Crippen LogP contribution is 2.25. The van der Waals surface area contributed by atoms with Gasteiger partial charge in [-0.25, -0.2) is 4.98 Å². The van der Waals surface area contributed by atoms with E-state index in [2.05, 4.69) is 27.9 Å². The second-order valence-corrected chi connectivity index (χ2v) is 7.22. The number of nitrogens with two attached hydrogens (primary N) is 1. The number of carbonyl (C=O) groups excluding carboxylic acids is 1. The molecule has 0 unspecified atom stereocenters. The summed E-state index contributed by atoms with van der Waals surface area (Å²) in [5.41, 5.74) is 9.94. The Labute approximate surface area is 173 Å². The number of nitrogens with zero attached hydrogens (tertiary/aromatic N) is 4. The van der Waals surface area contributed by atoms with E-state index >= 15 is 0 Å². The first kappa shape index (κ1) is 18.3. The van der Waals surface area contributed by atoms with Crippen LogP contribution in [0.3, 0.4) is 0 Å². The van der Waals surface area contributed by atoms with Gasteiger partial charge in [0.05, 0.1) is 23.0 Å². The van der Waals surface area contributed by atoms with Crippen molar-refractivity contribution in [2.24, 2.45) is 5.73 Å². The van der Waals surface area contributed by atoms with Crippen LogP contribution in [0.25, 0.3) is 16.9 Å². The molecule has 0 bridgehead atoms. The van der Waals surface area contributed by atoms with Crippen molar-refractivity contribution in [3.8, 4) is 5.95 Å². The number of amides is 1.